The Hall–Kier alpha value is -3.55. The van der Waals surface area contributed by atoms with Gasteiger partial charge in [-0.3, -0.25) is 33.6 Å². The molecule has 0 rings (SSSR count). The first-order valence-electron chi connectivity index (χ1n) is 9.57. The van der Waals surface area contributed by atoms with Crippen LogP contribution in [-0.4, -0.2) is 81.4 Å². The number of hydrogen-bond acceptors (Lipinski definition) is 8. The Morgan fingerprint density at radius 3 is 1.50 bits per heavy atom. The number of rotatable bonds is 16. The second-order valence-electron chi connectivity index (χ2n) is 6.87. The second kappa shape index (κ2) is 14.5. The molecule has 32 heavy (non-hydrogen) atoms. The summed E-state index contributed by atoms with van der Waals surface area (Å²) >= 11 is 0. The lowest BCUT2D eigenvalue weighted by molar-refractivity contribution is -0.140. The van der Waals surface area contributed by atoms with Crippen LogP contribution in [0.15, 0.2) is 0 Å². The van der Waals surface area contributed by atoms with Gasteiger partial charge in [0.25, 0.3) is 0 Å². The maximum absolute atomic E-state index is 12.6. The fraction of sp³-hybridized carbons (Fsp3) is 0.611. The Kier molecular flexibility index (Phi) is 12.9. The maximum Gasteiger partial charge on any atom is 0.303 e. The number of carboxylic acid groups (broad SMARTS) is 3. The van der Waals surface area contributed by atoms with Gasteiger partial charge in [0, 0.05) is 19.3 Å². The largest absolute Gasteiger partial charge is 0.481 e. The lowest BCUT2D eigenvalue weighted by atomic mass is 10.1. The van der Waals surface area contributed by atoms with Crippen LogP contribution < -0.4 is 21.7 Å². The summed E-state index contributed by atoms with van der Waals surface area (Å²) < 4.78 is 0. The summed E-state index contributed by atoms with van der Waals surface area (Å²) in [5.41, 5.74) is 5.58. The fourth-order valence-electron chi connectivity index (χ4n) is 2.38. The molecule has 8 N–H and O–H groups in total. The molecule has 0 aromatic carbocycles. The molecule has 0 unspecified atom stereocenters. The number of carbonyl (C=O) groups excluding carboxylic acids is 4. The maximum atomic E-state index is 12.6. The Bertz CT molecular complexity index is 727. The Morgan fingerprint density at radius 1 is 0.719 bits per heavy atom. The van der Waals surface area contributed by atoms with E-state index in [9.17, 15) is 33.6 Å². The second-order valence-corrected chi connectivity index (χ2v) is 6.87. The van der Waals surface area contributed by atoms with E-state index < -0.39 is 79.1 Å². The molecule has 0 bridgehead atoms. The molecule has 0 saturated carbocycles. The number of carboxylic acids is 3. The number of nitrogens with two attached hydrogens (primary N) is 1. The highest BCUT2D eigenvalue weighted by Crippen LogP contribution is 2.05. The molecule has 0 aromatic heterocycles. The van der Waals surface area contributed by atoms with E-state index >= 15 is 0 Å². The average Bonchev–Trinajstić information content (AvgIpc) is 2.71. The minimum Gasteiger partial charge on any atom is -0.481 e. The van der Waals surface area contributed by atoms with Crippen LogP contribution in [0, 0.1) is 0 Å². The number of amides is 3. The molecular formula is C18H27N4O10. The van der Waals surface area contributed by atoms with Crippen LogP contribution in [0.5, 0.6) is 0 Å². The smallest absolute Gasteiger partial charge is 0.303 e. The zero-order valence-electron chi connectivity index (χ0n) is 17.3. The third-order valence-corrected chi connectivity index (χ3v) is 4.10. The molecule has 1 radical (unpaired) electrons. The summed E-state index contributed by atoms with van der Waals surface area (Å²) in [5.74, 6) is -6.50. The van der Waals surface area contributed by atoms with Gasteiger partial charge in [-0.05, 0) is 26.2 Å². The van der Waals surface area contributed by atoms with Crippen LogP contribution in [0.3, 0.4) is 0 Å². The molecule has 179 valence electrons. The molecule has 4 atom stereocenters. The van der Waals surface area contributed by atoms with Gasteiger partial charge in [-0.1, -0.05) is 0 Å². The summed E-state index contributed by atoms with van der Waals surface area (Å²) in [7, 11) is 0. The van der Waals surface area contributed by atoms with Crippen LogP contribution in [0.2, 0.25) is 0 Å². The predicted molar refractivity (Wildman–Crippen MR) is 106 cm³/mol. The van der Waals surface area contributed by atoms with E-state index in [1.807, 2.05) is 0 Å². The first-order chi connectivity index (χ1) is 14.9. The third-order valence-electron chi connectivity index (χ3n) is 4.10. The normalized spacial score (nSPS) is 14.2. The minimum atomic E-state index is -1.45. The van der Waals surface area contributed by atoms with Crippen molar-refractivity contribution >= 4 is 41.9 Å². The predicted octanol–water partition coefficient (Wildman–Crippen LogP) is -2.51. The highest BCUT2D eigenvalue weighted by Gasteiger charge is 2.29. The lowest BCUT2D eigenvalue weighted by Gasteiger charge is -2.24. The van der Waals surface area contributed by atoms with E-state index in [-0.39, 0.29) is 19.3 Å². The van der Waals surface area contributed by atoms with E-state index in [1.54, 1.807) is 0 Å². The van der Waals surface area contributed by atoms with E-state index in [1.165, 1.54) is 13.2 Å². The quantitative estimate of drug-likeness (QED) is 0.127. The number of aliphatic carboxylic acids is 3. The van der Waals surface area contributed by atoms with Gasteiger partial charge in [0.05, 0.1) is 12.1 Å². The third kappa shape index (κ3) is 12.2. The molecule has 0 heterocycles. The Balaban J connectivity index is 5.39. The van der Waals surface area contributed by atoms with E-state index in [0.717, 1.165) is 0 Å². The molecule has 0 aliphatic rings. The van der Waals surface area contributed by atoms with Crippen molar-refractivity contribution in [3.05, 3.63) is 0 Å². The highest BCUT2D eigenvalue weighted by molar-refractivity contribution is 5.94. The minimum absolute atomic E-state index is 0.238. The fourth-order valence-corrected chi connectivity index (χ4v) is 2.38. The van der Waals surface area contributed by atoms with Crippen molar-refractivity contribution in [3.63, 3.8) is 0 Å². The molecular weight excluding hydrogens is 432 g/mol. The molecule has 0 fully saturated rings. The van der Waals surface area contributed by atoms with E-state index in [4.69, 9.17) is 21.1 Å². The van der Waals surface area contributed by atoms with Crippen molar-refractivity contribution in [1.82, 2.24) is 16.0 Å². The summed E-state index contributed by atoms with van der Waals surface area (Å²) in [6.07, 6.45) is -0.938. The van der Waals surface area contributed by atoms with Crippen LogP contribution in [0.4, 0.5) is 0 Å². The van der Waals surface area contributed by atoms with Crippen molar-refractivity contribution in [3.8, 4) is 0 Å². The van der Waals surface area contributed by atoms with Crippen molar-refractivity contribution in [2.45, 2.75) is 69.6 Å². The van der Waals surface area contributed by atoms with Gasteiger partial charge >= 0.3 is 17.9 Å². The van der Waals surface area contributed by atoms with Crippen LogP contribution in [0.25, 0.3) is 0 Å². The van der Waals surface area contributed by atoms with Gasteiger partial charge < -0.3 is 37.0 Å². The Labute approximate surface area is 182 Å². The molecule has 0 aliphatic heterocycles. The van der Waals surface area contributed by atoms with Crippen molar-refractivity contribution in [2.75, 3.05) is 0 Å². The van der Waals surface area contributed by atoms with E-state index in [0.29, 0.717) is 0 Å². The summed E-state index contributed by atoms with van der Waals surface area (Å²) in [5, 5.41) is 33.0. The molecule has 0 aromatic rings. The molecule has 0 aliphatic carbocycles. The van der Waals surface area contributed by atoms with E-state index in [2.05, 4.69) is 16.0 Å². The molecule has 14 nitrogen and oxygen atoms in total. The zero-order chi connectivity index (χ0) is 24.8. The first-order valence-corrected chi connectivity index (χ1v) is 9.57. The van der Waals surface area contributed by atoms with Crippen molar-refractivity contribution in [2.24, 2.45) is 5.73 Å². The zero-order valence-corrected chi connectivity index (χ0v) is 17.3. The van der Waals surface area contributed by atoms with Gasteiger partial charge in [0.15, 0.2) is 0 Å². The molecule has 0 spiro atoms. The van der Waals surface area contributed by atoms with Crippen molar-refractivity contribution < 1.29 is 48.9 Å². The molecule has 14 heteroatoms. The number of nitrogens with one attached hydrogen (secondary N) is 3. The standard InChI is InChI=1S/C18H27N4O10/c1-9(8-23)20-17(31)11(3-6-14(26)27)22-18(32)12(4-7-15(28)29)21-16(30)10(19)2-5-13(24)25/h9-12H,2-7,19H2,1H3,(H,20,31)(H,21,30)(H,22,32)(H,24,25)(H,26,27)(H,28,29)/t9-,10-,11-,12-/m0/s1. The molecule has 3 amide bonds. The van der Waals surface area contributed by atoms with Gasteiger partial charge in [-0.2, -0.15) is 0 Å². The van der Waals surface area contributed by atoms with Crippen LogP contribution >= 0.6 is 0 Å². The van der Waals surface area contributed by atoms with Crippen LogP contribution in [-0.2, 0) is 33.6 Å². The summed E-state index contributed by atoms with van der Waals surface area (Å²) in [6.45, 7) is 1.30. The number of hydrogen-bond donors (Lipinski definition) is 7. The van der Waals surface area contributed by atoms with Gasteiger partial charge in [-0.15, -0.1) is 0 Å². The van der Waals surface area contributed by atoms with Gasteiger partial charge in [-0.25, -0.2) is 0 Å². The lowest BCUT2D eigenvalue weighted by Crippen LogP contribution is -2.56. The summed E-state index contributed by atoms with van der Waals surface area (Å²) in [4.78, 5) is 80.0. The monoisotopic (exact) mass is 459 g/mol. The van der Waals surface area contributed by atoms with Crippen molar-refractivity contribution in [1.29, 1.82) is 0 Å². The SMILES string of the molecule is C[C@@H]([C]=O)NC(=O)[C@H](CCC(=O)O)NC(=O)[C@H](CCC(=O)O)NC(=O)[C@@H](N)CCC(=O)O. The highest BCUT2D eigenvalue weighted by atomic mass is 16.4. The Morgan fingerprint density at radius 2 is 1.09 bits per heavy atom. The topological polar surface area (TPSA) is 242 Å². The number of carbonyl (C=O) groups is 6. The summed E-state index contributed by atoms with van der Waals surface area (Å²) in [6, 6.07) is -5.19. The van der Waals surface area contributed by atoms with Gasteiger partial charge in [0.1, 0.15) is 12.1 Å². The first kappa shape index (κ1) is 28.5. The molecule has 0 saturated heterocycles. The van der Waals surface area contributed by atoms with Crippen LogP contribution in [0.1, 0.15) is 45.4 Å². The average molecular weight is 459 g/mol. The van der Waals surface area contributed by atoms with Gasteiger partial charge in [0.2, 0.25) is 24.0 Å².